The molecule has 0 saturated carbocycles. The number of anilines is 2. The van der Waals surface area contributed by atoms with Crippen LogP contribution in [0.15, 0.2) is 47.9 Å². The molecule has 1 amide bonds. The van der Waals surface area contributed by atoms with Gasteiger partial charge in [0.05, 0.1) is 6.26 Å². The van der Waals surface area contributed by atoms with E-state index in [2.05, 4.69) is 25.8 Å². The van der Waals surface area contributed by atoms with E-state index in [1.807, 2.05) is 0 Å². The summed E-state index contributed by atoms with van der Waals surface area (Å²) in [4.78, 5) is 23.7. The van der Waals surface area contributed by atoms with Crippen LogP contribution in [0.5, 0.6) is 0 Å². The molecule has 0 saturated heterocycles. The molecular weight excluding hydrogens is 274 g/mol. The molecule has 0 aliphatic heterocycles. The van der Waals surface area contributed by atoms with Crippen molar-refractivity contribution in [3.05, 3.63) is 49.2 Å². The smallest absolute Gasteiger partial charge is 0.305 e. The quantitative estimate of drug-likeness (QED) is 0.599. The third-order valence-electron chi connectivity index (χ3n) is 2.65. The number of hydrazine groups is 1. The van der Waals surface area contributed by atoms with Gasteiger partial charge in [0.25, 0.3) is 0 Å². The number of rotatable bonds is 4. The highest BCUT2D eigenvalue weighted by Crippen LogP contribution is 2.20. The molecular formula is C12H11N7O2. The van der Waals surface area contributed by atoms with Crippen molar-refractivity contribution in [2.45, 2.75) is 0 Å². The van der Waals surface area contributed by atoms with E-state index >= 15 is 0 Å². The molecule has 106 valence electrons. The molecule has 3 aromatic rings. The third-order valence-corrected chi connectivity index (χ3v) is 2.65. The summed E-state index contributed by atoms with van der Waals surface area (Å²) in [7, 11) is 0. The minimum atomic E-state index is -0.442. The van der Waals surface area contributed by atoms with E-state index in [0.717, 1.165) is 0 Å². The van der Waals surface area contributed by atoms with E-state index in [1.165, 1.54) is 18.7 Å². The lowest BCUT2D eigenvalue weighted by molar-refractivity contribution is 0.0935. The van der Waals surface area contributed by atoms with Crippen LogP contribution >= 0.6 is 0 Å². The van der Waals surface area contributed by atoms with E-state index < -0.39 is 5.91 Å². The first kappa shape index (κ1) is 12.7. The Morgan fingerprint density at radius 3 is 3.00 bits per heavy atom. The van der Waals surface area contributed by atoms with E-state index in [9.17, 15) is 4.79 Å². The van der Waals surface area contributed by atoms with E-state index in [1.54, 1.807) is 29.4 Å². The lowest BCUT2D eigenvalue weighted by Crippen LogP contribution is -2.30. The van der Waals surface area contributed by atoms with Crippen LogP contribution in [0.1, 0.15) is 10.6 Å². The summed E-state index contributed by atoms with van der Waals surface area (Å²) in [6, 6.07) is 3.16. The van der Waals surface area contributed by atoms with Gasteiger partial charge in [0.15, 0.2) is 17.4 Å². The molecule has 3 aromatic heterocycles. The van der Waals surface area contributed by atoms with Gasteiger partial charge < -0.3 is 10.2 Å². The van der Waals surface area contributed by atoms with Crippen LogP contribution < -0.4 is 16.6 Å². The monoisotopic (exact) mass is 285 g/mol. The number of hydrogen-bond acceptors (Lipinski definition) is 7. The minimum absolute atomic E-state index is 0.171. The van der Waals surface area contributed by atoms with Crippen molar-refractivity contribution < 1.29 is 9.21 Å². The Kier molecular flexibility index (Phi) is 3.21. The second kappa shape index (κ2) is 5.33. The fourth-order valence-electron chi connectivity index (χ4n) is 1.66. The standard InChI is InChI=1S/C12H11N7O2/c13-9-10(17-18-12(20)8-2-1-5-21-8)15-6-16-11(9)19-4-3-14-7-19/h1-7H,13H2,(H,18,20)(H,15,16,17). The molecule has 4 N–H and O–H groups in total. The average molecular weight is 285 g/mol. The highest BCUT2D eigenvalue weighted by atomic mass is 16.3. The van der Waals surface area contributed by atoms with Gasteiger partial charge in [0.2, 0.25) is 0 Å². The number of nitrogen functional groups attached to an aromatic ring is 1. The molecule has 0 atom stereocenters. The van der Waals surface area contributed by atoms with Crippen molar-refractivity contribution >= 4 is 17.4 Å². The van der Waals surface area contributed by atoms with E-state index in [0.29, 0.717) is 5.82 Å². The Balaban J connectivity index is 1.77. The average Bonchev–Trinajstić information content (AvgIpc) is 3.19. The van der Waals surface area contributed by atoms with Gasteiger partial charge in [0, 0.05) is 12.4 Å². The number of aromatic nitrogens is 4. The number of hydrogen-bond donors (Lipinski definition) is 3. The van der Waals surface area contributed by atoms with Gasteiger partial charge in [-0.05, 0) is 12.1 Å². The Labute approximate surface area is 118 Å². The van der Waals surface area contributed by atoms with Crippen molar-refractivity contribution in [1.29, 1.82) is 0 Å². The fourth-order valence-corrected chi connectivity index (χ4v) is 1.66. The predicted octanol–water partition coefficient (Wildman–Crippen LogP) is 0.594. The van der Waals surface area contributed by atoms with E-state index in [4.69, 9.17) is 10.2 Å². The lowest BCUT2D eigenvalue weighted by Gasteiger charge is -2.11. The number of nitrogens with two attached hydrogens (primary N) is 1. The third kappa shape index (κ3) is 2.52. The zero-order chi connectivity index (χ0) is 14.7. The van der Waals surface area contributed by atoms with E-state index in [-0.39, 0.29) is 17.3 Å². The summed E-state index contributed by atoms with van der Waals surface area (Å²) in [5, 5.41) is 0. The molecule has 21 heavy (non-hydrogen) atoms. The molecule has 0 aromatic carbocycles. The van der Waals surface area contributed by atoms with Crippen LogP contribution in [0.3, 0.4) is 0 Å². The van der Waals surface area contributed by atoms with Gasteiger partial charge in [-0.15, -0.1) is 0 Å². The lowest BCUT2D eigenvalue weighted by atomic mass is 10.4. The Morgan fingerprint density at radius 1 is 1.38 bits per heavy atom. The van der Waals surface area contributed by atoms with Crippen molar-refractivity contribution in [1.82, 2.24) is 24.9 Å². The molecule has 9 nitrogen and oxygen atoms in total. The molecule has 0 aliphatic carbocycles. The summed E-state index contributed by atoms with van der Waals surface area (Å²) in [6.07, 6.45) is 7.60. The summed E-state index contributed by atoms with van der Waals surface area (Å²) in [6.45, 7) is 0. The second-order valence-corrected chi connectivity index (χ2v) is 3.99. The maximum atomic E-state index is 11.7. The number of imidazole rings is 1. The number of nitrogens with one attached hydrogen (secondary N) is 2. The van der Waals surface area contributed by atoms with Gasteiger partial charge >= 0.3 is 5.91 Å². The molecule has 0 fully saturated rings. The van der Waals surface area contributed by atoms with Gasteiger partial charge in [-0.3, -0.25) is 20.2 Å². The number of amides is 1. The van der Waals surface area contributed by atoms with Crippen LogP contribution in [0.25, 0.3) is 5.82 Å². The first-order valence-corrected chi connectivity index (χ1v) is 5.94. The summed E-state index contributed by atoms with van der Waals surface area (Å²) in [5.41, 5.74) is 11.3. The molecule has 0 aliphatic rings. The maximum Gasteiger partial charge on any atom is 0.305 e. The molecule has 0 radical (unpaired) electrons. The van der Waals surface area contributed by atoms with Gasteiger partial charge in [-0.1, -0.05) is 0 Å². The molecule has 3 rings (SSSR count). The number of nitrogens with zero attached hydrogens (tertiary/aromatic N) is 4. The van der Waals surface area contributed by atoms with Crippen molar-refractivity contribution in [3.8, 4) is 5.82 Å². The zero-order valence-corrected chi connectivity index (χ0v) is 10.7. The normalized spacial score (nSPS) is 10.3. The highest BCUT2D eigenvalue weighted by Gasteiger charge is 2.12. The Hall–Kier alpha value is -3.36. The van der Waals surface area contributed by atoms with Crippen molar-refractivity contribution in [3.63, 3.8) is 0 Å². The fraction of sp³-hybridized carbons (Fsp3) is 0. The van der Waals surface area contributed by atoms with Crippen LogP contribution in [0, 0.1) is 0 Å². The van der Waals surface area contributed by atoms with Gasteiger partial charge in [-0.25, -0.2) is 15.0 Å². The van der Waals surface area contributed by atoms with Crippen LogP contribution in [-0.4, -0.2) is 25.4 Å². The Morgan fingerprint density at radius 2 is 2.29 bits per heavy atom. The summed E-state index contributed by atoms with van der Waals surface area (Å²) >= 11 is 0. The van der Waals surface area contributed by atoms with Crippen LogP contribution in [0.2, 0.25) is 0 Å². The summed E-state index contributed by atoms with van der Waals surface area (Å²) < 4.78 is 6.60. The molecule has 0 bridgehead atoms. The van der Waals surface area contributed by atoms with Gasteiger partial charge in [-0.2, -0.15) is 0 Å². The summed E-state index contributed by atoms with van der Waals surface area (Å²) in [5.74, 6) is 0.456. The number of carbonyl (C=O) groups excluding carboxylic acids is 1. The highest BCUT2D eigenvalue weighted by molar-refractivity contribution is 5.92. The Bertz CT molecular complexity index is 737. The zero-order valence-electron chi connectivity index (χ0n) is 10.7. The molecule has 0 unspecified atom stereocenters. The molecule has 9 heteroatoms. The van der Waals surface area contributed by atoms with Crippen LogP contribution in [0.4, 0.5) is 11.5 Å². The SMILES string of the molecule is Nc1c(NNC(=O)c2ccco2)ncnc1-n1ccnc1. The molecule has 3 heterocycles. The first-order chi connectivity index (χ1) is 10.3. The number of carbonyl (C=O) groups is 1. The van der Waals surface area contributed by atoms with Gasteiger partial charge in [0.1, 0.15) is 18.3 Å². The second-order valence-electron chi connectivity index (χ2n) is 3.99. The predicted molar refractivity (Wildman–Crippen MR) is 73.4 cm³/mol. The van der Waals surface area contributed by atoms with Crippen molar-refractivity contribution in [2.75, 3.05) is 11.2 Å². The largest absolute Gasteiger partial charge is 0.459 e. The molecule has 0 spiro atoms. The van der Waals surface area contributed by atoms with Crippen LogP contribution in [-0.2, 0) is 0 Å². The minimum Gasteiger partial charge on any atom is -0.459 e. The van der Waals surface area contributed by atoms with Crippen molar-refractivity contribution in [2.24, 2.45) is 0 Å². The topological polar surface area (TPSA) is 124 Å². The first-order valence-electron chi connectivity index (χ1n) is 5.94. The maximum absolute atomic E-state index is 11.7. The number of furan rings is 1.